The Labute approximate surface area is 89.9 Å². The molecule has 1 N–H and O–H groups in total. The maximum Gasteiger partial charge on any atom is 0.255 e. The van der Waals surface area contributed by atoms with Gasteiger partial charge in [0.15, 0.2) is 0 Å². The summed E-state index contributed by atoms with van der Waals surface area (Å²) in [7, 11) is 3.50. The minimum atomic E-state index is 0.0861. The van der Waals surface area contributed by atoms with Gasteiger partial charge in [0.1, 0.15) is 0 Å². The second-order valence-electron chi connectivity index (χ2n) is 3.41. The molecule has 0 radical (unpaired) electrons. The van der Waals surface area contributed by atoms with Crippen LogP contribution in [0, 0.1) is 0 Å². The predicted octanol–water partition coefficient (Wildman–Crippen LogP) is 0.604. The highest BCUT2D eigenvalue weighted by Crippen LogP contribution is 1.93. The van der Waals surface area contributed by atoms with Gasteiger partial charge in [0, 0.05) is 38.6 Å². The Balaban J connectivity index is 2.71. The molecule has 4 nitrogen and oxygen atoms in total. The molecule has 0 spiro atoms. The summed E-state index contributed by atoms with van der Waals surface area (Å²) < 4.78 is 6.68. The monoisotopic (exact) mass is 210 g/mol. The van der Waals surface area contributed by atoms with E-state index in [1.165, 1.54) is 0 Å². The van der Waals surface area contributed by atoms with Gasteiger partial charge in [-0.25, -0.2) is 0 Å². The van der Waals surface area contributed by atoms with Crippen molar-refractivity contribution in [2.75, 3.05) is 20.8 Å². The van der Waals surface area contributed by atoms with Crippen LogP contribution in [0.4, 0.5) is 0 Å². The first-order chi connectivity index (χ1) is 7.29. The number of methoxy groups -OCH3 is 1. The molecule has 0 aliphatic carbocycles. The van der Waals surface area contributed by atoms with Crippen LogP contribution in [0.25, 0.3) is 0 Å². The molecule has 0 saturated heterocycles. The highest BCUT2D eigenvalue weighted by atomic mass is 16.5. The van der Waals surface area contributed by atoms with Gasteiger partial charge in [-0.2, -0.15) is 0 Å². The number of nitrogens with one attached hydrogen (secondary N) is 1. The Bertz CT molecular complexity index is 347. The highest BCUT2D eigenvalue weighted by Gasteiger charge is 2.01. The molecule has 1 rings (SSSR count). The van der Waals surface area contributed by atoms with E-state index in [0.29, 0.717) is 19.7 Å². The van der Waals surface area contributed by atoms with Gasteiger partial charge in [-0.05, 0) is 19.5 Å². The number of hydrogen-bond acceptors (Lipinski definition) is 3. The molecule has 0 amide bonds. The molecule has 0 aromatic carbocycles. The van der Waals surface area contributed by atoms with Crippen LogP contribution in [0.3, 0.4) is 0 Å². The van der Waals surface area contributed by atoms with Gasteiger partial charge in [-0.3, -0.25) is 4.79 Å². The number of ether oxygens (including phenoxy) is 1. The summed E-state index contributed by atoms with van der Waals surface area (Å²) in [6.45, 7) is 2.01. The maximum atomic E-state index is 11.8. The van der Waals surface area contributed by atoms with Crippen molar-refractivity contribution < 1.29 is 4.74 Å². The number of aryl methyl sites for hydroxylation is 1. The Morgan fingerprint density at radius 1 is 1.53 bits per heavy atom. The molecule has 0 unspecified atom stereocenters. The lowest BCUT2D eigenvalue weighted by Gasteiger charge is -2.07. The van der Waals surface area contributed by atoms with Gasteiger partial charge in [0.05, 0.1) is 0 Å². The van der Waals surface area contributed by atoms with Crippen LogP contribution in [0.2, 0.25) is 0 Å². The number of hydrogen-bond donors (Lipinski definition) is 1. The standard InChI is InChI=1S/C11H18N2O2/c1-12-9-10-5-3-6-13(11(10)14)7-4-8-15-2/h3,5-6,12H,4,7-9H2,1-2H3. The molecule has 0 atom stereocenters. The van der Waals surface area contributed by atoms with Gasteiger partial charge in [-0.1, -0.05) is 6.07 Å². The summed E-state index contributed by atoms with van der Waals surface area (Å²) in [6.07, 6.45) is 2.68. The van der Waals surface area contributed by atoms with E-state index in [4.69, 9.17) is 4.74 Å². The maximum absolute atomic E-state index is 11.8. The van der Waals surface area contributed by atoms with E-state index in [2.05, 4.69) is 5.32 Å². The summed E-state index contributed by atoms with van der Waals surface area (Å²) >= 11 is 0. The van der Waals surface area contributed by atoms with E-state index in [1.807, 2.05) is 25.4 Å². The van der Waals surface area contributed by atoms with Crippen LogP contribution in [0.1, 0.15) is 12.0 Å². The van der Waals surface area contributed by atoms with Crippen molar-refractivity contribution in [3.05, 3.63) is 34.2 Å². The second-order valence-corrected chi connectivity index (χ2v) is 3.41. The van der Waals surface area contributed by atoms with Crippen molar-refractivity contribution in [3.8, 4) is 0 Å². The highest BCUT2D eigenvalue weighted by molar-refractivity contribution is 5.09. The lowest BCUT2D eigenvalue weighted by atomic mass is 10.2. The zero-order valence-electron chi connectivity index (χ0n) is 9.32. The molecule has 0 bridgehead atoms. The van der Waals surface area contributed by atoms with Crippen LogP contribution in [0.5, 0.6) is 0 Å². The smallest absolute Gasteiger partial charge is 0.255 e. The first-order valence-electron chi connectivity index (χ1n) is 5.11. The molecule has 1 heterocycles. The van der Waals surface area contributed by atoms with E-state index in [9.17, 15) is 4.79 Å². The van der Waals surface area contributed by atoms with E-state index < -0.39 is 0 Å². The van der Waals surface area contributed by atoms with Gasteiger partial charge >= 0.3 is 0 Å². The van der Waals surface area contributed by atoms with E-state index in [1.54, 1.807) is 11.7 Å². The van der Waals surface area contributed by atoms with Gasteiger partial charge in [0.2, 0.25) is 0 Å². The van der Waals surface area contributed by atoms with Crippen molar-refractivity contribution in [1.29, 1.82) is 0 Å². The van der Waals surface area contributed by atoms with Crippen LogP contribution in [-0.2, 0) is 17.8 Å². The Kier molecular flexibility index (Phi) is 5.07. The van der Waals surface area contributed by atoms with Crippen molar-refractivity contribution in [2.24, 2.45) is 0 Å². The van der Waals surface area contributed by atoms with Crippen molar-refractivity contribution in [3.63, 3.8) is 0 Å². The first kappa shape index (κ1) is 11.9. The molecule has 0 saturated carbocycles. The minimum absolute atomic E-state index is 0.0861. The topological polar surface area (TPSA) is 43.3 Å². The quantitative estimate of drug-likeness (QED) is 0.699. The van der Waals surface area contributed by atoms with Crippen LogP contribution < -0.4 is 10.9 Å². The minimum Gasteiger partial charge on any atom is -0.385 e. The fourth-order valence-electron chi connectivity index (χ4n) is 1.47. The van der Waals surface area contributed by atoms with Crippen LogP contribution >= 0.6 is 0 Å². The summed E-state index contributed by atoms with van der Waals surface area (Å²) in [6, 6.07) is 3.76. The van der Waals surface area contributed by atoms with E-state index in [-0.39, 0.29) is 5.56 Å². The Morgan fingerprint density at radius 3 is 3.00 bits per heavy atom. The predicted molar refractivity (Wildman–Crippen MR) is 60.0 cm³/mol. The average Bonchev–Trinajstić information content (AvgIpc) is 2.24. The molecule has 0 fully saturated rings. The lowest BCUT2D eigenvalue weighted by Crippen LogP contribution is -2.25. The first-order valence-corrected chi connectivity index (χ1v) is 5.11. The summed E-state index contributed by atoms with van der Waals surface area (Å²) in [5, 5.41) is 2.98. The van der Waals surface area contributed by atoms with Crippen molar-refractivity contribution >= 4 is 0 Å². The Hall–Kier alpha value is -1.13. The van der Waals surface area contributed by atoms with E-state index >= 15 is 0 Å². The third-order valence-corrected chi connectivity index (χ3v) is 2.21. The second kappa shape index (κ2) is 6.37. The SMILES string of the molecule is CNCc1cccn(CCCOC)c1=O. The fourth-order valence-corrected chi connectivity index (χ4v) is 1.47. The zero-order valence-corrected chi connectivity index (χ0v) is 9.32. The fraction of sp³-hybridized carbons (Fsp3) is 0.545. The van der Waals surface area contributed by atoms with Gasteiger partial charge < -0.3 is 14.6 Å². The largest absolute Gasteiger partial charge is 0.385 e. The molecule has 1 aromatic rings. The van der Waals surface area contributed by atoms with Gasteiger partial charge in [0.25, 0.3) is 5.56 Å². The normalized spacial score (nSPS) is 10.5. The van der Waals surface area contributed by atoms with Crippen LogP contribution in [-0.4, -0.2) is 25.3 Å². The molecule has 15 heavy (non-hydrogen) atoms. The number of nitrogens with zero attached hydrogens (tertiary/aromatic N) is 1. The molecular weight excluding hydrogens is 192 g/mol. The summed E-state index contributed by atoms with van der Waals surface area (Å²) in [5.74, 6) is 0. The van der Waals surface area contributed by atoms with Crippen molar-refractivity contribution in [2.45, 2.75) is 19.5 Å². The Morgan fingerprint density at radius 2 is 2.33 bits per heavy atom. The molecular formula is C11H18N2O2. The van der Waals surface area contributed by atoms with E-state index in [0.717, 1.165) is 12.0 Å². The van der Waals surface area contributed by atoms with Crippen LogP contribution in [0.15, 0.2) is 23.1 Å². The number of rotatable bonds is 6. The molecule has 0 aliphatic rings. The molecule has 4 heteroatoms. The third-order valence-electron chi connectivity index (χ3n) is 2.21. The van der Waals surface area contributed by atoms with Crippen molar-refractivity contribution in [1.82, 2.24) is 9.88 Å². The van der Waals surface area contributed by atoms with Gasteiger partial charge in [-0.15, -0.1) is 0 Å². The molecule has 1 aromatic heterocycles. The zero-order chi connectivity index (χ0) is 11.1. The molecule has 0 aliphatic heterocycles. The summed E-state index contributed by atoms with van der Waals surface area (Å²) in [4.78, 5) is 11.8. The molecule has 84 valence electrons. The number of pyridine rings is 1. The average molecular weight is 210 g/mol. The lowest BCUT2D eigenvalue weighted by molar-refractivity contribution is 0.190. The summed E-state index contributed by atoms with van der Waals surface area (Å²) in [5.41, 5.74) is 0.889. The number of aromatic nitrogens is 1. The third kappa shape index (κ3) is 3.49.